The number of aryl methyl sites for hydroxylation is 2. The molecule has 0 unspecified atom stereocenters. The summed E-state index contributed by atoms with van der Waals surface area (Å²) in [4.78, 5) is 70.1. The maximum atomic E-state index is 15.2. The molecule has 3 aromatic rings. The maximum absolute atomic E-state index is 15.2. The third-order valence-corrected chi connectivity index (χ3v) is 11.3. The van der Waals surface area contributed by atoms with Crippen molar-refractivity contribution in [1.29, 1.82) is 0 Å². The third-order valence-electron chi connectivity index (χ3n) is 11.3. The Balaban J connectivity index is 1.34. The lowest BCUT2D eigenvalue weighted by molar-refractivity contribution is -0.141. The highest BCUT2D eigenvalue weighted by Crippen LogP contribution is 2.65. The van der Waals surface area contributed by atoms with Gasteiger partial charge in [-0.15, -0.1) is 0 Å². The molecule has 6 atom stereocenters. The topological polar surface area (TPSA) is 144 Å². The quantitative estimate of drug-likeness (QED) is 0.142. The zero-order valence-corrected chi connectivity index (χ0v) is 28.2. The molecule has 2 aliphatic heterocycles. The van der Waals surface area contributed by atoms with Gasteiger partial charge in [-0.2, -0.15) is 5.01 Å². The van der Waals surface area contributed by atoms with Gasteiger partial charge in [0.1, 0.15) is 5.75 Å². The molecule has 3 fully saturated rings. The van der Waals surface area contributed by atoms with E-state index >= 15 is 4.79 Å². The number of likely N-dealkylation sites (tertiary alicyclic amines) is 1. The van der Waals surface area contributed by atoms with Crippen molar-refractivity contribution < 1.29 is 34.2 Å². The number of nitrogens with one attached hydrogen (secondary N) is 1. The summed E-state index contributed by atoms with van der Waals surface area (Å²) >= 11 is 0. The first-order chi connectivity index (χ1) is 24.0. The number of carbonyl (C=O) groups is 5. The van der Waals surface area contributed by atoms with Crippen molar-refractivity contribution in [2.24, 2.45) is 23.7 Å². The number of fused-ring (bicyclic) bond motifs is 4. The molecular formula is C40H41N3O7. The fourth-order valence-corrected chi connectivity index (χ4v) is 9.01. The lowest BCUT2D eigenvalue weighted by atomic mass is 9.49. The van der Waals surface area contributed by atoms with Crippen molar-refractivity contribution in [1.82, 2.24) is 9.91 Å². The Kier molecular flexibility index (Phi) is 8.58. The molecule has 2 heterocycles. The van der Waals surface area contributed by atoms with Crippen LogP contribution in [0.3, 0.4) is 0 Å². The second kappa shape index (κ2) is 12.9. The van der Waals surface area contributed by atoms with E-state index in [1.54, 1.807) is 19.1 Å². The number of anilines is 1. The van der Waals surface area contributed by atoms with E-state index in [4.69, 9.17) is 5.11 Å². The molecule has 4 amide bonds. The van der Waals surface area contributed by atoms with Gasteiger partial charge in [-0.05, 0) is 68.7 Å². The summed E-state index contributed by atoms with van der Waals surface area (Å²) in [5.74, 6) is -5.81. The highest BCUT2D eigenvalue weighted by atomic mass is 16.4. The number of imide groups is 2. The Morgan fingerprint density at radius 1 is 0.860 bits per heavy atom. The summed E-state index contributed by atoms with van der Waals surface area (Å²) in [5.41, 5.74) is 5.78. The number of carboxylic acid groups (broad SMARTS) is 1. The summed E-state index contributed by atoms with van der Waals surface area (Å²) in [7, 11) is 0. The molecule has 0 spiro atoms. The van der Waals surface area contributed by atoms with Gasteiger partial charge >= 0.3 is 5.97 Å². The summed E-state index contributed by atoms with van der Waals surface area (Å²) in [6.07, 6.45) is 4.01. The van der Waals surface area contributed by atoms with Gasteiger partial charge in [0.2, 0.25) is 11.8 Å². The van der Waals surface area contributed by atoms with E-state index in [1.165, 1.54) is 4.90 Å². The zero-order valence-electron chi connectivity index (χ0n) is 28.2. The largest absolute Gasteiger partial charge is 0.507 e. The van der Waals surface area contributed by atoms with Gasteiger partial charge in [-0.25, -0.2) is 0 Å². The number of hydrogen-bond acceptors (Lipinski definition) is 7. The van der Waals surface area contributed by atoms with Crippen LogP contribution in [0.15, 0.2) is 84.4 Å². The fourth-order valence-electron chi connectivity index (χ4n) is 9.01. The first kappa shape index (κ1) is 33.3. The second-order valence-electron chi connectivity index (χ2n) is 14.1. The number of para-hydroxylation sites is 1. The van der Waals surface area contributed by atoms with E-state index in [-0.39, 0.29) is 37.0 Å². The van der Waals surface area contributed by atoms with Crippen LogP contribution in [-0.4, -0.2) is 56.3 Å². The average molecular weight is 676 g/mol. The molecular weight excluding hydrogens is 634 g/mol. The predicted octanol–water partition coefficient (Wildman–Crippen LogP) is 5.64. The Morgan fingerprint density at radius 3 is 2.32 bits per heavy atom. The SMILES string of the molecule is Cc1ccc(NN2C(=O)[C@@H]3C[C@@H]4C(=CC[C@@H]5C(=O)N(CCCCCC(=O)O)C(=O)[C@@H]54)[C@H](c4cccc(C)c4O)[C@]3(c3ccccc3)C2=O)cc1. The van der Waals surface area contributed by atoms with E-state index < -0.39 is 52.8 Å². The van der Waals surface area contributed by atoms with Gasteiger partial charge in [0.15, 0.2) is 0 Å². The molecule has 0 aromatic heterocycles. The molecule has 10 heteroatoms. The van der Waals surface area contributed by atoms with Gasteiger partial charge < -0.3 is 10.2 Å². The van der Waals surface area contributed by atoms with Crippen LogP contribution in [-0.2, 0) is 29.4 Å². The number of hydrazine groups is 1. The number of rotatable bonds is 10. The molecule has 10 nitrogen and oxygen atoms in total. The zero-order chi connectivity index (χ0) is 35.3. The van der Waals surface area contributed by atoms with E-state index in [0.717, 1.165) is 16.1 Å². The molecule has 0 radical (unpaired) electrons. The number of phenolic OH excluding ortho intramolecular Hbond substituents is 1. The number of carbonyl (C=O) groups excluding carboxylic acids is 4. The monoisotopic (exact) mass is 675 g/mol. The third kappa shape index (κ3) is 5.20. The first-order valence-corrected chi connectivity index (χ1v) is 17.4. The van der Waals surface area contributed by atoms with Crippen molar-refractivity contribution in [3.05, 3.63) is 107 Å². The number of unbranched alkanes of at least 4 members (excludes halogenated alkanes) is 2. The van der Waals surface area contributed by atoms with Gasteiger partial charge in [-0.1, -0.05) is 84.3 Å². The van der Waals surface area contributed by atoms with Crippen LogP contribution in [0.5, 0.6) is 5.75 Å². The van der Waals surface area contributed by atoms with Gasteiger partial charge in [0.25, 0.3) is 11.8 Å². The molecule has 258 valence electrons. The van der Waals surface area contributed by atoms with E-state index in [2.05, 4.69) is 5.43 Å². The summed E-state index contributed by atoms with van der Waals surface area (Å²) < 4.78 is 0. The Hall–Kier alpha value is -5.25. The van der Waals surface area contributed by atoms with Crippen LogP contribution >= 0.6 is 0 Å². The van der Waals surface area contributed by atoms with Crippen LogP contribution < -0.4 is 5.43 Å². The summed E-state index contributed by atoms with van der Waals surface area (Å²) in [6.45, 7) is 3.95. The number of carboxylic acids is 1. The van der Waals surface area contributed by atoms with E-state index in [1.807, 2.05) is 73.7 Å². The van der Waals surface area contributed by atoms with Crippen LogP contribution in [0.4, 0.5) is 5.69 Å². The summed E-state index contributed by atoms with van der Waals surface area (Å²) in [5, 5.41) is 21.8. The van der Waals surface area contributed by atoms with Crippen molar-refractivity contribution in [2.45, 2.75) is 63.7 Å². The highest BCUT2D eigenvalue weighted by Gasteiger charge is 2.70. The van der Waals surface area contributed by atoms with Gasteiger partial charge in [-0.3, -0.25) is 34.3 Å². The maximum Gasteiger partial charge on any atom is 0.303 e. The number of phenols is 1. The molecule has 3 aromatic carbocycles. The van der Waals surface area contributed by atoms with Gasteiger partial charge in [0.05, 0.1) is 28.9 Å². The molecule has 3 N–H and O–H groups in total. The lowest BCUT2D eigenvalue weighted by Gasteiger charge is -2.50. The van der Waals surface area contributed by atoms with Crippen molar-refractivity contribution >= 4 is 35.3 Å². The highest BCUT2D eigenvalue weighted by molar-refractivity contribution is 6.13. The minimum absolute atomic E-state index is 0.0252. The average Bonchev–Trinajstić information content (AvgIpc) is 3.48. The minimum atomic E-state index is -1.45. The van der Waals surface area contributed by atoms with Crippen molar-refractivity contribution in [2.75, 3.05) is 12.0 Å². The molecule has 2 saturated heterocycles. The lowest BCUT2D eigenvalue weighted by Crippen LogP contribution is -2.53. The van der Waals surface area contributed by atoms with E-state index in [9.17, 15) is 24.3 Å². The Morgan fingerprint density at radius 2 is 1.60 bits per heavy atom. The number of aromatic hydroxyl groups is 1. The molecule has 4 aliphatic rings. The van der Waals surface area contributed by atoms with Crippen molar-refractivity contribution in [3.63, 3.8) is 0 Å². The second-order valence-corrected chi connectivity index (χ2v) is 14.1. The van der Waals surface area contributed by atoms with E-state index in [0.29, 0.717) is 48.1 Å². The fraction of sp³-hybridized carbons (Fsp3) is 0.375. The van der Waals surface area contributed by atoms with Crippen LogP contribution in [0.2, 0.25) is 0 Å². The van der Waals surface area contributed by atoms with Gasteiger partial charge in [0, 0.05) is 24.4 Å². The molecule has 2 aliphatic carbocycles. The standard InChI is InChI=1S/C40H41N3O7/c1-23-15-17-26(18-16-23)41-43-37(48)31-22-30-27(19-20-28-33(30)38(49)42(36(28)47)21-8-4-7-14-32(44)45)34(29-13-9-10-24(2)35(29)46)40(31,39(43)50)25-11-5-3-6-12-25/h3,5-6,9-13,15-19,28,30-31,33-34,41,46H,4,7-8,14,20-22H2,1-2H3,(H,44,45)/t28-,30+,31-,33-,34+,40+/m0/s1. The smallest absolute Gasteiger partial charge is 0.303 e. The number of nitrogens with zero attached hydrogens (tertiary/aromatic N) is 2. The van der Waals surface area contributed by atoms with Crippen LogP contribution in [0.25, 0.3) is 0 Å². The molecule has 7 rings (SSSR count). The normalized spacial score (nSPS) is 27.2. The Bertz CT molecular complexity index is 1910. The predicted molar refractivity (Wildman–Crippen MR) is 184 cm³/mol. The van der Waals surface area contributed by atoms with Crippen molar-refractivity contribution in [3.8, 4) is 5.75 Å². The minimum Gasteiger partial charge on any atom is -0.507 e. The number of aliphatic carboxylic acids is 1. The van der Waals surface area contributed by atoms with Crippen LogP contribution in [0, 0.1) is 37.5 Å². The first-order valence-electron chi connectivity index (χ1n) is 17.4. The molecule has 0 bridgehead atoms. The summed E-state index contributed by atoms with van der Waals surface area (Å²) in [6, 6.07) is 22.1. The number of hydrogen-bond donors (Lipinski definition) is 3. The number of allylic oxidation sites excluding steroid dienone is 2. The number of benzene rings is 3. The molecule has 50 heavy (non-hydrogen) atoms. The molecule has 1 saturated carbocycles. The Labute approximate surface area is 290 Å². The number of amides is 4. The van der Waals surface area contributed by atoms with Crippen LogP contribution in [0.1, 0.15) is 66.7 Å².